The van der Waals surface area contributed by atoms with E-state index in [-0.39, 0.29) is 17.4 Å². The number of benzene rings is 1. The maximum absolute atomic E-state index is 13.9. The monoisotopic (exact) mass is 254 g/mol. The highest BCUT2D eigenvalue weighted by Gasteiger charge is 2.19. The molecular weight excluding hydrogens is 238 g/mol. The number of halogens is 2. The largest absolute Gasteiger partial charge is 0.491 e. The average Bonchev–Trinajstić information content (AvgIpc) is 2.37. The second kappa shape index (κ2) is 5.48. The predicted molar refractivity (Wildman–Crippen MR) is 65.5 cm³/mol. The van der Waals surface area contributed by atoms with Gasteiger partial charge in [0.15, 0.2) is 11.6 Å². The van der Waals surface area contributed by atoms with Gasteiger partial charge in [-0.05, 0) is 38.0 Å². The second-order valence-electron chi connectivity index (χ2n) is 4.26. The van der Waals surface area contributed by atoms with Crippen LogP contribution in [0, 0.1) is 11.6 Å². The quantitative estimate of drug-likeness (QED) is 0.821. The van der Waals surface area contributed by atoms with Crippen molar-refractivity contribution >= 4 is 5.57 Å². The highest BCUT2D eigenvalue weighted by molar-refractivity contribution is 5.68. The van der Waals surface area contributed by atoms with Gasteiger partial charge in [0, 0.05) is 5.56 Å². The van der Waals surface area contributed by atoms with Crippen molar-refractivity contribution in [2.24, 2.45) is 0 Å². The fourth-order valence-corrected chi connectivity index (χ4v) is 1.90. The molecule has 0 aromatic heterocycles. The normalized spacial score (nSPS) is 19.6. The van der Waals surface area contributed by atoms with Crippen molar-refractivity contribution in [3.05, 3.63) is 35.4 Å². The van der Waals surface area contributed by atoms with Gasteiger partial charge in [-0.1, -0.05) is 6.08 Å². The smallest absolute Gasteiger partial charge is 0.201 e. The molecule has 2 rings (SSSR count). The average molecular weight is 254 g/mol. The van der Waals surface area contributed by atoms with Crippen LogP contribution in [0.5, 0.6) is 5.75 Å². The van der Waals surface area contributed by atoms with Gasteiger partial charge >= 0.3 is 0 Å². The third-order valence-electron chi connectivity index (χ3n) is 2.91. The molecule has 0 saturated carbocycles. The van der Waals surface area contributed by atoms with Gasteiger partial charge in [-0.25, -0.2) is 4.39 Å². The Kier molecular flexibility index (Phi) is 3.97. The molecule has 0 aliphatic carbocycles. The molecule has 1 unspecified atom stereocenters. The fourth-order valence-electron chi connectivity index (χ4n) is 1.90. The summed E-state index contributed by atoms with van der Waals surface area (Å²) in [5, 5.41) is 0. The van der Waals surface area contributed by atoms with Crippen LogP contribution in [0.4, 0.5) is 8.78 Å². The number of hydrogen-bond acceptors (Lipinski definition) is 2. The molecule has 1 aromatic rings. The van der Waals surface area contributed by atoms with Crippen LogP contribution in [0.25, 0.3) is 5.57 Å². The van der Waals surface area contributed by atoms with Crippen LogP contribution >= 0.6 is 0 Å². The van der Waals surface area contributed by atoms with Crippen molar-refractivity contribution in [2.45, 2.75) is 26.4 Å². The minimum absolute atomic E-state index is 0.0514. The highest BCUT2D eigenvalue weighted by Crippen LogP contribution is 2.29. The minimum Gasteiger partial charge on any atom is -0.491 e. The molecule has 0 fully saturated rings. The molecule has 0 N–H and O–H groups in total. The summed E-state index contributed by atoms with van der Waals surface area (Å²) in [4.78, 5) is 0. The van der Waals surface area contributed by atoms with Crippen molar-refractivity contribution in [1.29, 1.82) is 0 Å². The molecule has 0 saturated heterocycles. The SMILES string of the molecule is CCOc1ccc(C2=CCC(C)OC2)c(F)c1F. The Morgan fingerprint density at radius 2 is 2.11 bits per heavy atom. The second-order valence-corrected chi connectivity index (χ2v) is 4.26. The van der Waals surface area contributed by atoms with Gasteiger partial charge in [-0.2, -0.15) is 4.39 Å². The molecule has 1 aliphatic rings. The lowest BCUT2D eigenvalue weighted by Gasteiger charge is -2.20. The minimum atomic E-state index is -0.936. The summed E-state index contributed by atoms with van der Waals surface area (Å²) in [5.41, 5.74) is 0.940. The lowest BCUT2D eigenvalue weighted by atomic mass is 10.0. The molecule has 0 amide bonds. The third-order valence-corrected chi connectivity index (χ3v) is 2.91. The van der Waals surface area contributed by atoms with Crippen LogP contribution in [0.3, 0.4) is 0 Å². The molecule has 0 bridgehead atoms. The third kappa shape index (κ3) is 2.53. The molecule has 98 valence electrons. The van der Waals surface area contributed by atoms with Crippen molar-refractivity contribution in [1.82, 2.24) is 0 Å². The zero-order valence-electron chi connectivity index (χ0n) is 10.5. The van der Waals surface area contributed by atoms with Gasteiger partial charge in [-0.3, -0.25) is 0 Å². The summed E-state index contributed by atoms with van der Waals surface area (Å²) >= 11 is 0. The maximum atomic E-state index is 13.9. The molecule has 4 heteroatoms. The van der Waals surface area contributed by atoms with Crippen LogP contribution in [0.15, 0.2) is 18.2 Å². The molecule has 1 atom stereocenters. The van der Waals surface area contributed by atoms with E-state index in [1.165, 1.54) is 12.1 Å². The van der Waals surface area contributed by atoms with Crippen molar-refractivity contribution in [2.75, 3.05) is 13.2 Å². The molecule has 2 nitrogen and oxygen atoms in total. The number of hydrogen-bond donors (Lipinski definition) is 0. The van der Waals surface area contributed by atoms with Gasteiger partial charge < -0.3 is 9.47 Å². The van der Waals surface area contributed by atoms with E-state index in [1.54, 1.807) is 6.92 Å². The van der Waals surface area contributed by atoms with Crippen LogP contribution in [0.2, 0.25) is 0 Å². The van der Waals surface area contributed by atoms with Gasteiger partial charge in [0.2, 0.25) is 5.82 Å². The van der Waals surface area contributed by atoms with E-state index in [2.05, 4.69) is 0 Å². The zero-order chi connectivity index (χ0) is 13.1. The van der Waals surface area contributed by atoms with Gasteiger partial charge in [0.1, 0.15) is 0 Å². The van der Waals surface area contributed by atoms with Crippen LogP contribution in [0.1, 0.15) is 25.8 Å². The van der Waals surface area contributed by atoms with Gasteiger partial charge in [0.05, 0.1) is 19.3 Å². The summed E-state index contributed by atoms with van der Waals surface area (Å²) < 4.78 is 38.1. The fraction of sp³-hybridized carbons (Fsp3) is 0.429. The lowest BCUT2D eigenvalue weighted by Crippen LogP contribution is -2.15. The van der Waals surface area contributed by atoms with E-state index >= 15 is 0 Å². The first kappa shape index (κ1) is 13.0. The predicted octanol–water partition coefficient (Wildman–Crippen LogP) is 3.56. The Morgan fingerprint density at radius 1 is 1.33 bits per heavy atom. The molecule has 1 heterocycles. The number of ether oxygens (including phenoxy) is 2. The lowest BCUT2D eigenvalue weighted by molar-refractivity contribution is 0.0870. The van der Waals surface area contributed by atoms with Crippen molar-refractivity contribution in [3.63, 3.8) is 0 Å². The molecule has 1 aliphatic heterocycles. The summed E-state index contributed by atoms with van der Waals surface area (Å²) in [6, 6.07) is 2.99. The van der Waals surface area contributed by atoms with Crippen molar-refractivity contribution in [3.8, 4) is 5.75 Å². The van der Waals surface area contributed by atoms with E-state index in [0.717, 1.165) is 0 Å². The Hall–Kier alpha value is -1.42. The maximum Gasteiger partial charge on any atom is 0.201 e. The zero-order valence-corrected chi connectivity index (χ0v) is 10.5. The van der Waals surface area contributed by atoms with E-state index in [4.69, 9.17) is 9.47 Å². The number of rotatable bonds is 3. The highest BCUT2D eigenvalue weighted by atomic mass is 19.2. The van der Waals surface area contributed by atoms with Crippen molar-refractivity contribution < 1.29 is 18.3 Å². The molecule has 0 spiro atoms. The van der Waals surface area contributed by atoms with E-state index in [0.29, 0.717) is 25.2 Å². The van der Waals surface area contributed by atoms with Crippen LogP contribution < -0.4 is 4.74 Å². The molecular formula is C14H16F2O2. The first-order chi connectivity index (χ1) is 8.63. The molecule has 0 radical (unpaired) electrons. The molecule has 18 heavy (non-hydrogen) atoms. The Bertz CT molecular complexity index is 469. The van der Waals surface area contributed by atoms with Gasteiger partial charge in [-0.15, -0.1) is 0 Å². The standard InChI is InChI=1S/C14H16F2O2/c1-3-17-12-7-6-11(13(15)14(12)16)10-5-4-9(2)18-8-10/h5-7,9H,3-4,8H2,1-2H3. The molecule has 1 aromatic carbocycles. The Morgan fingerprint density at radius 3 is 2.72 bits per heavy atom. The summed E-state index contributed by atoms with van der Waals surface area (Å²) in [6.07, 6.45) is 2.74. The Balaban J connectivity index is 2.32. The Labute approximate surface area is 105 Å². The summed E-state index contributed by atoms with van der Waals surface area (Å²) in [6.45, 7) is 4.29. The van der Waals surface area contributed by atoms with E-state index < -0.39 is 11.6 Å². The van der Waals surface area contributed by atoms with Gasteiger partial charge in [0.25, 0.3) is 0 Å². The topological polar surface area (TPSA) is 18.5 Å². The van der Waals surface area contributed by atoms with Crippen LogP contribution in [-0.2, 0) is 4.74 Å². The first-order valence-corrected chi connectivity index (χ1v) is 6.05. The van der Waals surface area contributed by atoms with E-state index in [1.807, 2.05) is 13.0 Å². The van der Waals surface area contributed by atoms with E-state index in [9.17, 15) is 8.78 Å². The summed E-state index contributed by atoms with van der Waals surface area (Å²) in [5.74, 6) is -1.86. The first-order valence-electron chi connectivity index (χ1n) is 6.05. The summed E-state index contributed by atoms with van der Waals surface area (Å²) in [7, 11) is 0. The van der Waals surface area contributed by atoms with Crippen LogP contribution in [-0.4, -0.2) is 19.3 Å².